The van der Waals surface area contributed by atoms with Gasteiger partial charge in [-0.2, -0.15) is 0 Å². The molecule has 0 bridgehead atoms. The maximum atomic E-state index is 9.13. The standard InChI is InChI=1S/C10H19N5O/c1-6(5-16)15(4)10-7(2)9(14-11)12-8(3)13-10/h6,16H,5,11H2,1-4H3,(H,12,13,14). The number of nitrogens with one attached hydrogen (secondary N) is 1. The average Bonchev–Trinajstić information content (AvgIpc) is 2.29. The van der Waals surface area contributed by atoms with Gasteiger partial charge in [0, 0.05) is 12.6 Å². The minimum absolute atomic E-state index is 0.00127. The van der Waals surface area contributed by atoms with Crippen LogP contribution in [0.1, 0.15) is 18.3 Å². The van der Waals surface area contributed by atoms with Crippen molar-refractivity contribution in [2.75, 3.05) is 24.0 Å². The molecule has 0 spiro atoms. The van der Waals surface area contributed by atoms with Crippen LogP contribution in [0.25, 0.3) is 0 Å². The number of aromatic nitrogens is 2. The molecule has 0 aliphatic carbocycles. The van der Waals surface area contributed by atoms with Gasteiger partial charge in [0.25, 0.3) is 0 Å². The van der Waals surface area contributed by atoms with E-state index in [1.807, 2.05) is 25.8 Å². The molecule has 1 unspecified atom stereocenters. The quantitative estimate of drug-likeness (QED) is 0.501. The summed E-state index contributed by atoms with van der Waals surface area (Å²) in [6.45, 7) is 5.70. The van der Waals surface area contributed by atoms with Crippen LogP contribution < -0.4 is 16.2 Å². The highest BCUT2D eigenvalue weighted by Crippen LogP contribution is 2.23. The Bertz CT molecular complexity index is 368. The fourth-order valence-corrected chi connectivity index (χ4v) is 1.43. The Hall–Kier alpha value is -1.40. The minimum atomic E-state index is -0.00127. The summed E-state index contributed by atoms with van der Waals surface area (Å²) in [5, 5.41) is 9.13. The Morgan fingerprint density at radius 2 is 2.06 bits per heavy atom. The SMILES string of the molecule is Cc1nc(NN)c(C)c(N(C)C(C)CO)n1. The molecule has 4 N–H and O–H groups in total. The number of nitrogen functional groups attached to an aromatic ring is 1. The minimum Gasteiger partial charge on any atom is -0.394 e. The van der Waals surface area contributed by atoms with Crippen LogP contribution in [-0.4, -0.2) is 34.8 Å². The fourth-order valence-electron chi connectivity index (χ4n) is 1.43. The smallest absolute Gasteiger partial charge is 0.148 e. The van der Waals surface area contributed by atoms with Gasteiger partial charge in [-0.25, -0.2) is 15.8 Å². The van der Waals surface area contributed by atoms with Gasteiger partial charge in [0.1, 0.15) is 17.5 Å². The predicted molar refractivity (Wildman–Crippen MR) is 64.3 cm³/mol. The fraction of sp³-hybridized carbons (Fsp3) is 0.600. The first-order chi connectivity index (χ1) is 7.51. The number of anilines is 2. The van der Waals surface area contributed by atoms with Crippen molar-refractivity contribution in [3.05, 3.63) is 11.4 Å². The normalized spacial score (nSPS) is 12.4. The van der Waals surface area contributed by atoms with Crippen molar-refractivity contribution in [1.29, 1.82) is 0 Å². The highest BCUT2D eigenvalue weighted by Gasteiger charge is 2.16. The number of rotatable bonds is 4. The lowest BCUT2D eigenvalue weighted by molar-refractivity contribution is 0.269. The first-order valence-corrected chi connectivity index (χ1v) is 5.16. The second kappa shape index (κ2) is 5.09. The molecule has 1 rings (SSSR count). The van der Waals surface area contributed by atoms with Crippen molar-refractivity contribution < 1.29 is 5.11 Å². The van der Waals surface area contributed by atoms with Gasteiger partial charge in [-0.1, -0.05) is 0 Å². The number of nitrogens with zero attached hydrogens (tertiary/aromatic N) is 3. The molecule has 0 amide bonds. The van der Waals surface area contributed by atoms with Crippen LogP contribution in [0.2, 0.25) is 0 Å². The molecule has 0 aliphatic rings. The van der Waals surface area contributed by atoms with Gasteiger partial charge >= 0.3 is 0 Å². The lowest BCUT2D eigenvalue weighted by Crippen LogP contribution is -2.33. The molecule has 0 aliphatic heterocycles. The number of aliphatic hydroxyl groups excluding tert-OH is 1. The Morgan fingerprint density at radius 1 is 1.44 bits per heavy atom. The van der Waals surface area contributed by atoms with Gasteiger partial charge in [-0.3, -0.25) is 0 Å². The van der Waals surface area contributed by atoms with Crippen molar-refractivity contribution >= 4 is 11.6 Å². The highest BCUT2D eigenvalue weighted by molar-refractivity contribution is 5.58. The Balaban J connectivity index is 3.17. The van der Waals surface area contributed by atoms with Crippen molar-refractivity contribution in [2.45, 2.75) is 26.8 Å². The Morgan fingerprint density at radius 3 is 2.56 bits per heavy atom. The summed E-state index contributed by atoms with van der Waals surface area (Å²) in [5.74, 6) is 7.42. The van der Waals surface area contributed by atoms with Crippen LogP contribution in [0.4, 0.5) is 11.6 Å². The molecule has 90 valence electrons. The molecule has 0 radical (unpaired) electrons. The maximum Gasteiger partial charge on any atom is 0.148 e. The lowest BCUT2D eigenvalue weighted by atomic mass is 10.2. The summed E-state index contributed by atoms with van der Waals surface area (Å²) in [4.78, 5) is 10.4. The summed E-state index contributed by atoms with van der Waals surface area (Å²) in [6, 6.07) is -0.00127. The number of aryl methyl sites for hydroxylation is 1. The predicted octanol–water partition coefficient (Wildman–Crippen LogP) is 0.196. The van der Waals surface area contributed by atoms with Crippen molar-refractivity contribution in [3.63, 3.8) is 0 Å². The van der Waals surface area contributed by atoms with E-state index in [1.165, 1.54) is 0 Å². The molecule has 0 saturated carbocycles. The van der Waals surface area contributed by atoms with Gasteiger partial charge in [0.2, 0.25) is 0 Å². The molecule has 0 saturated heterocycles. The molecule has 16 heavy (non-hydrogen) atoms. The third-order valence-corrected chi connectivity index (χ3v) is 2.63. The van der Waals surface area contributed by atoms with E-state index >= 15 is 0 Å². The second-order valence-corrected chi connectivity index (χ2v) is 3.85. The summed E-state index contributed by atoms with van der Waals surface area (Å²) in [7, 11) is 1.88. The van der Waals surface area contributed by atoms with E-state index in [4.69, 9.17) is 10.9 Å². The molecule has 0 aromatic carbocycles. The highest BCUT2D eigenvalue weighted by atomic mass is 16.3. The van der Waals surface area contributed by atoms with Crippen molar-refractivity contribution in [3.8, 4) is 0 Å². The molecule has 6 heteroatoms. The first-order valence-electron chi connectivity index (χ1n) is 5.16. The van der Waals surface area contributed by atoms with E-state index in [2.05, 4.69) is 15.4 Å². The van der Waals surface area contributed by atoms with Crippen LogP contribution in [0.3, 0.4) is 0 Å². The van der Waals surface area contributed by atoms with Gasteiger partial charge in [0.15, 0.2) is 0 Å². The number of hydrogen-bond acceptors (Lipinski definition) is 6. The summed E-state index contributed by atoms with van der Waals surface area (Å²) in [6.07, 6.45) is 0. The second-order valence-electron chi connectivity index (χ2n) is 3.85. The zero-order chi connectivity index (χ0) is 12.3. The van der Waals surface area contributed by atoms with E-state index in [-0.39, 0.29) is 12.6 Å². The summed E-state index contributed by atoms with van der Waals surface area (Å²) >= 11 is 0. The lowest BCUT2D eigenvalue weighted by Gasteiger charge is -2.26. The largest absolute Gasteiger partial charge is 0.394 e. The number of nitrogens with two attached hydrogens (primary N) is 1. The van der Waals surface area contributed by atoms with Crippen LogP contribution in [0.15, 0.2) is 0 Å². The molecule has 1 aromatic heterocycles. The van der Waals surface area contributed by atoms with Crippen molar-refractivity contribution in [1.82, 2.24) is 9.97 Å². The average molecular weight is 225 g/mol. The van der Waals surface area contributed by atoms with Crippen LogP contribution in [-0.2, 0) is 0 Å². The van der Waals surface area contributed by atoms with E-state index < -0.39 is 0 Å². The van der Waals surface area contributed by atoms with Gasteiger partial charge in [0.05, 0.1) is 12.6 Å². The summed E-state index contributed by atoms with van der Waals surface area (Å²) in [5.41, 5.74) is 3.42. The zero-order valence-electron chi connectivity index (χ0n) is 10.2. The van der Waals surface area contributed by atoms with E-state index in [0.29, 0.717) is 11.6 Å². The van der Waals surface area contributed by atoms with E-state index in [1.54, 1.807) is 6.92 Å². The Kier molecular flexibility index (Phi) is 4.03. The number of aliphatic hydroxyl groups is 1. The number of likely N-dealkylation sites (N-methyl/N-ethyl adjacent to an activating group) is 1. The van der Waals surface area contributed by atoms with Crippen LogP contribution >= 0.6 is 0 Å². The van der Waals surface area contributed by atoms with Gasteiger partial charge in [-0.15, -0.1) is 0 Å². The Labute approximate surface area is 95.5 Å². The zero-order valence-corrected chi connectivity index (χ0v) is 10.2. The maximum absolute atomic E-state index is 9.13. The molecular formula is C10H19N5O. The van der Waals surface area contributed by atoms with Crippen LogP contribution in [0.5, 0.6) is 0 Å². The number of hydrazine groups is 1. The molecule has 0 fully saturated rings. The van der Waals surface area contributed by atoms with E-state index in [0.717, 1.165) is 11.4 Å². The first kappa shape index (κ1) is 12.7. The molecule has 1 aromatic rings. The van der Waals surface area contributed by atoms with Gasteiger partial charge in [-0.05, 0) is 20.8 Å². The topological polar surface area (TPSA) is 87.3 Å². The summed E-state index contributed by atoms with van der Waals surface area (Å²) < 4.78 is 0. The molecule has 6 nitrogen and oxygen atoms in total. The van der Waals surface area contributed by atoms with Crippen molar-refractivity contribution in [2.24, 2.45) is 5.84 Å². The number of hydrogen-bond donors (Lipinski definition) is 3. The van der Waals surface area contributed by atoms with Crippen LogP contribution in [0, 0.1) is 13.8 Å². The molecular weight excluding hydrogens is 206 g/mol. The van der Waals surface area contributed by atoms with Gasteiger partial charge < -0.3 is 15.4 Å². The molecule has 1 heterocycles. The monoisotopic (exact) mass is 225 g/mol. The molecule has 1 atom stereocenters. The van der Waals surface area contributed by atoms with E-state index in [9.17, 15) is 0 Å². The third-order valence-electron chi connectivity index (χ3n) is 2.63. The third kappa shape index (κ3) is 2.40.